The summed E-state index contributed by atoms with van der Waals surface area (Å²) in [4.78, 5) is 51.0. The number of carbonyl (C=O) groups excluding carboxylic acids is 4. The molecule has 2 aliphatic heterocycles. The topological polar surface area (TPSA) is 113 Å². The Morgan fingerprint density at radius 3 is 2.36 bits per heavy atom. The van der Waals surface area contributed by atoms with Crippen molar-refractivity contribution in [1.82, 2.24) is 10.2 Å². The van der Waals surface area contributed by atoms with Crippen LogP contribution in [0.3, 0.4) is 0 Å². The molecule has 4 amide bonds. The summed E-state index contributed by atoms with van der Waals surface area (Å²) in [5.74, 6) is -2.33. The molecule has 3 N–H and O–H groups in total. The molecule has 0 aliphatic carbocycles. The third-order valence-electron chi connectivity index (χ3n) is 5.30. The lowest BCUT2D eigenvalue weighted by atomic mass is 9.96. The zero-order valence-electron chi connectivity index (χ0n) is 15.4. The van der Waals surface area contributed by atoms with Gasteiger partial charge in [0.25, 0.3) is 0 Å². The lowest BCUT2D eigenvalue weighted by Gasteiger charge is -2.30. The van der Waals surface area contributed by atoms with E-state index in [1.54, 1.807) is 4.90 Å². The van der Waals surface area contributed by atoms with Crippen molar-refractivity contribution in [2.45, 2.75) is 19.3 Å². The minimum Gasteiger partial charge on any atom is -0.369 e. The van der Waals surface area contributed by atoms with Gasteiger partial charge in [0.15, 0.2) is 0 Å². The second-order valence-electron chi connectivity index (χ2n) is 7.16. The Kier molecular flexibility index (Phi) is 5.91. The molecule has 2 fully saturated rings. The van der Waals surface area contributed by atoms with Gasteiger partial charge in [-0.05, 0) is 37.1 Å². The number of amides is 4. The Hall–Kier alpha value is -2.97. The summed E-state index contributed by atoms with van der Waals surface area (Å²) in [7, 11) is 0. The smallest absolute Gasteiger partial charge is 0.241 e. The zero-order chi connectivity index (χ0) is 20.3. The molecule has 28 heavy (non-hydrogen) atoms. The summed E-state index contributed by atoms with van der Waals surface area (Å²) in [5, 5.41) is 2.60. The van der Waals surface area contributed by atoms with Crippen molar-refractivity contribution >= 4 is 29.3 Å². The number of piperidine rings is 1. The maximum absolute atomic E-state index is 13.0. The first-order chi connectivity index (χ1) is 13.3. The van der Waals surface area contributed by atoms with Gasteiger partial charge in [0.2, 0.25) is 23.6 Å². The van der Waals surface area contributed by atoms with Crippen LogP contribution in [-0.2, 0) is 19.2 Å². The lowest BCUT2D eigenvalue weighted by Crippen LogP contribution is -2.46. The van der Waals surface area contributed by atoms with Crippen LogP contribution in [0.4, 0.5) is 10.1 Å². The molecule has 0 bridgehead atoms. The predicted molar refractivity (Wildman–Crippen MR) is 98.4 cm³/mol. The summed E-state index contributed by atoms with van der Waals surface area (Å²) in [5.41, 5.74) is 5.82. The number of primary amides is 1. The van der Waals surface area contributed by atoms with Crippen molar-refractivity contribution in [2.24, 2.45) is 17.6 Å². The molecule has 3 rings (SSSR count). The van der Waals surface area contributed by atoms with Crippen molar-refractivity contribution in [3.05, 3.63) is 30.1 Å². The largest absolute Gasteiger partial charge is 0.369 e. The molecule has 8 nitrogen and oxygen atoms in total. The van der Waals surface area contributed by atoms with Crippen LogP contribution in [0.2, 0.25) is 0 Å². The number of likely N-dealkylation sites (tertiary alicyclic amines) is 1. The highest BCUT2D eigenvalue weighted by atomic mass is 19.1. The number of nitrogens with zero attached hydrogens (tertiary/aromatic N) is 2. The minimum atomic E-state index is -0.564. The van der Waals surface area contributed by atoms with E-state index in [4.69, 9.17) is 5.73 Å². The van der Waals surface area contributed by atoms with Crippen LogP contribution in [0.25, 0.3) is 0 Å². The summed E-state index contributed by atoms with van der Waals surface area (Å²) in [6, 6.07) is 5.51. The van der Waals surface area contributed by atoms with E-state index in [2.05, 4.69) is 5.32 Å². The van der Waals surface area contributed by atoms with E-state index in [0.29, 0.717) is 31.6 Å². The van der Waals surface area contributed by atoms with Crippen molar-refractivity contribution in [3.8, 4) is 0 Å². The van der Waals surface area contributed by atoms with Gasteiger partial charge in [0, 0.05) is 37.7 Å². The van der Waals surface area contributed by atoms with E-state index in [0.717, 1.165) is 0 Å². The van der Waals surface area contributed by atoms with Crippen LogP contribution in [-0.4, -0.2) is 54.7 Å². The summed E-state index contributed by atoms with van der Waals surface area (Å²) in [6.45, 7) is 0.904. The van der Waals surface area contributed by atoms with Gasteiger partial charge in [-0.15, -0.1) is 0 Å². The summed E-state index contributed by atoms with van der Waals surface area (Å²) < 4.78 is 13.0. The van der Waals surface area contributed by atoms with E-state index in [1.807, 2.05) is 0 Å². The molecule has 0 saturated carbocycles. The molecule has 2 saturated heterocycles. The Balaban J connectivity index is 1.47. The highest BCUT2D eigenvalue weighted by molar-refractivity contribution is 6.00. The molecule has 1 atom stereocenters. The van der Waals surface area contributed by atoms with Crippen LogP contribution < -0.4 is 16.0 Å². The Morgan fingerprint density at radius 2 is 1.75 bits per heavy atom. The van der Waals surface area contributed by atoms with Crippen molar-refractivity contribution in [3.63, 3.8) is 0 Å². The number of rotatable bonds is 5. The monoisotopic (exact) mass is 390 g/mol. The molecule has 1 aromatic rings. The van der Waals surface area contributed by atoms with Crippen molar-refractivity contribution in [1.29, 1.82) is 0 Å². The van der Waals surface area contributed by atoms with Gasteiger partial charge < -0.3 is 20.9 Å². The van der Waals surface area contributed by atoms with Gasteiger partial charge in [-0.3, -0.25) is 19.2 Å². The van der Waals surface area contributed by atoms with Gasteiger partial charge >= 0.3 is 0 Å². The number of nitrogens with one attached hydrogen (secondary N) is 1. The normalized spacial score (nSPS) is 20.3. The maximum Gasteiger partial charge on any atom is 0.241 e. The highest BCUT2D eigenvalue weighted by Crippen LogP contribution is 2.25. The van der Waals surface area contributed by atoms with Crippen LogP contribution in [0.15, 0.2) is 24.3 Å². The van der Waals surface area contributed by atoms with Gasteiger partial charge in [-0.1, -0.05) is 0 Å². The Bertz CT molecular complexity index is 775. The summed E-state index contributed by atoms with van der Waals surface area (Å²) >= 11 is 0. The molecule has 9 heteroatoms. The fraction of sp³-hybridized carbons (Fsp3) is 0.474. The molecule has 0 spiro atoms. The average molecular weight is 390 g/mol. The van der Waals surface area contributed by atoms with E-state index in [9.17, 15) is 23.6 Å². The first-order valence-corrected chi connectivity index (χ1v) is 9.26. The van der Waals surface area contributed by atoms with Crippen molar-refractivity contribution in [2.75, 3.05) is 31.1 Å². The Morgan fingerprint density at radius 1 is 1.11 bits per heavy atom. The number of hydrogen-bond acceptors (Lipinski definition) is 4. The van der Waals surface area contributed by atoms with E-state index < -0.39 is 11.7 Å². The number of hydrogen-bond donors (Lipinski definition) is 2. The predicted octanol–water partition coefficient (Wildman–Crippen LogP) is 0.0187. The second kappa shape index (κ2) is 8.37. The SMILES string of the molecule is NC(=O)C1CCN(C(=O)CNC(=O)C2CC(=O)N(c3ccc(F)cc3)C2)CC1. The second-order valence-corrected chi connectivity index (χ2v) is 7.16. The minimum absolute atomic E-state index is 0.0431. The first kappa shape index (κ1) is 19.8. The third kappa shape index (κ3) is 4.47. The van der Waals surface area contributed by atoms with E-state index >= 15 is 0 Å². The Labute approximate surface area is 161 Å². The lowest BCUT2D eigenvalue weighted by molar-refractivity contribution is -0.136. The fourth-order valence-corrected chi connectivity index (χ4v) is 3.59. The zero-order valence-corrected chi connectivity index (χ0v) is 15.4. The van der Waals surface area contributed by atoms with Crippen LogP contribution >= 0.6 is 0 Å². The fourth-order valence-electron chi connectivity index (χ4n) is 3.59. The molecule has 2 aliphatic rings. The molecule has 150 valence electrons. The number of carbonyl (C=O) groups is 4. The van der Waals surface area contributed by atoms with Gasteiger partial charge in [0.05, 0.1) is 12.5 Å². The molecular formula is C19H23FN4O4. The molecule has 1 unspecified atom stereocenters. The number of halogens is 1. The number of anilines is 1. The van der Waals surface area contributed by atoms with Gasteiger partial charge in [-0.25, -0.2) is 4.39 Å². The van der Waals surface area contributed by atoms with E-state index in [-0.39, 0.29) is 49.1 Å². The maximum atomic E-state index is 13.0. The third-order valence-corrected chi connectivity index (χ3v) is 5.30. The highest BCUT2D eigenvalue weighted by Gasteiger charge is 2.35. The molecule has 0 aromatic heterocycles. The average Bonchev–Trinajstić information content (AvgIpc) is 3.08. The molecule has 0 radical (unpaired) electrons. The van der Waals surface area contributed by atoms with E-state index in [1.165, 1.54) is 29.2 Å². The quantitative estimate of drug-likeness (QED) is 0.738. The number of nitrogens with two attached hydrogens (primary N) is 1. The molecule has 1 aromatic carbocycles. The van der Waals surface area contributed by atoms with Gasteiger partial charge in [0.1, 0.15) is 5.82 Å². The number of benzene rings is 1. The summed E-state index contributed by atoms with van der Waals surface area (Å²) in [6.07, 6.45) is 1.10. The van der Waals surface area contributed by atoms with Crippen LogP contribution in [0.1, 0.15) is 19.3 Å². The van der Waals surface area contributed by atoms with Gasteiger partial charge in [-0.2, -0.15) is 0 Å². The first-order valence-electron chi connectivity index (χ1n) is 9.26. The molecular weight excluding hydrogens is 367 g/mol. The molecule has 2 heterocycles. The standard InChI is InChI=1S/C19H23FN4O4/c20-14-1-3-15(4-2-14)24-11-13(9-16(24)25)19(28)22-10-17(26)23-7-5-12(6-8-23)18(21)27/h1-4,12-13H,5-11H2,(H2,21,27)(H,22,28). The van der Waals surface area contributed by atoms with Crippen molar-refractivity contribution < 1.29 is 23.6 Å². The van der Waals surface area contributed by atoms with Crippen LogP contribution in [0, 0.1) is 17.7 Å². The van der Waals surface area contributed by atoms with Crippen LogP contribution in [0.5, 0.6) is 0 Å².